The molecule has 28 heavy (non-hydrogen) atoms. The predicted molar refractivity (Wildman–Crippen MR) is 110 cm³/mol. The van der Waals surface area contributed by atoms with Crippen molar-refractivity contribution in [1.82, 2.24) is 20.0 Å². The molecule has 1 saturated heterocycles. The van der Waals surface area contributed by atoms with Gasteiger partial charge in [-0.1, -0.05) is 30.3 Å². The van der Waals surface area contributed by atoms with Crippen LogP contribution in [0.1, 0.15) is 28.8 Å². The fraction of sp³-hybridized carbons (Fsp3) is 0.450. The van der Waals surface area contributed by atoms with E-state index in [0.29, 0.717) is 37.5 Å². The summed E-state index contributed by atoms with van der Waals surface area (Å²) in [6.07, 6.45) is 5.56. The second kappa shape index (κ2) is 10.2. The number of carbonyl (C=O) groups excluding carboxylic acids is 2. The highest BCUT2D eigenvalue weighted by molar-refractivity contribution is 5.93. The Morgan fingerprint density at radius 1 is 1.25 bits per heavy atom. The summed E-state index contributed by atoms with van der Waals surface area (Å²) >= 11 is 0. The minimum Gasteiger partial charge on any atom is -0.352 e. The Morgan fingerprint density at radius 3 is 2.54 bits per heavy atom. The summed E-state index contributed by atoms with van der Waals surface area (Å²) in [5.74, 6) is 0.281. The van der Waals surface area contributed by atoms with E-state index in [1.54, 1.807) is 24.1 Å². The standard InChI is InChI=1S/C20H27N5O2.ClH/c1-24-14-17(13-23-24)19(26)22-12-16-7-9-25(10-8-16)20(27)18(21)11-15-5-3-2-4-6-15;/h2-6,13-14,16,18H,7-12,21H2,1H3,(H,22,26);1H/t18-;/m0./s1. The minimum atomic E-state index is -0.505. The lowest BCUT2D eigenvalue weighted by molar-refractivity contribution is -0.133. The average molecular weight is 406 g/mol. The fourth-order valence-electron chi connectivity index (χ4n) is 3.42. The van der Waals surface area contributed by atoms with Crippen LogP contribution < -0.4 is 11.1 Å². The maximum atomic E-state index is 12.6. The van der Waals surface area contributed by atoms with Crippen molar-refractivity contribution in [3.05, 3.63) is 53.9 Å². The van der Waals surface area contributed by atoms with Crippen LogP contribution in [0.5, 0.6) is 0 Å². The lowest BCUT2D eigenvalue weighted by Gasteiger charge is -2.33. The van der Waals surface area contributed by atoms with Gasteiger partial charge in [-0.05, 0) is 30.7 Å². The van der Waals surface area contributed by atoms with E-state index in [9.17, 15) is 9.59 Å². The Kier molecular flexibility index (Phi) is 8.02. The molecule has 0 aliphatic carbocycles. The molecule has 1 aliphatic rings. The first-order chi connectivity index (χ1) is 13.0. The molecule has 152 valence electrons. The van der Waals surface area contributed by atoms with Crippen molar-refractivity contribution in [3.63, 3.8) is 0 Å². The Hall–Kier alpha value is -2.38. The topological polar surface area (TPSA) is 93.2 Å². The highest BCUT2D eigenvalue weighted by Gasteiger charge is 2.26. The molecule has 1 atom stereocenters. The molecule has 0 bridgehead atoms. The molecular weight excluding hydrogens is 378 g/mol. The number of nitrogens with one attached hydrogen (secondary N) is 1. The van der Waals surface area contributed by atoms with Crippen LogP contribution in [0.4, 0.5) is 0 Å². The van der Waals surface area contributed by atoms with Crippen molar-refractivity contribution < 1.29 is 9.59 Å². The third-order valence-corrected chi connectivity index (χ3v) is 5.06. The Balaban J connectivity index is 0.00000280. The summed E-state index contributed by atoms with van der Waals surface area (Å²) in [5.41, 5.74) is 7.77. The zero-order chi connectivity index (χ0) is 19.2. The van der Waals surface area contributed by atoms with Crippen molar-refractivity contribution in [3.8, 4) is 0 Å². The number of aromatic nitrogens is 2. The second-order valence-corrected chi connectivity index (χ2v) is 7.18. The van der Waals surface area contributed by atoms with E-state index in [4.69, 9.17) is 5.73 Å². The highest BCUT2D eigenvalue weighted by atomic mass is 35.5. The smallest absolute Gasteiger partial charge is 0.254 e. The number of carbonyl (C=O) groups is 2. The number of benzene rings is 1. The first kappa shape index (κ1) is 21.9. The number of halogens is 1. The number of hydrogen-bond donors (Lipinski definition) is 2. The van der Waals surface area contributed by atoms with Crippen LogP contribution in [0.25, 0.3) is 0 Å². The van der Waals surface area contributed by atoms with Crippen molar-refractivity contribution in [2.75, 3.05) is 19.6 Å². The van der Waals surface area contributed by atoms with E-state index in [2.05, 4.69) is 10.4 Å². The summed E-state index contributed by atoms with van der Waals surface area (Å²) in [4.78, 5) is 26.5. The van der Waals surface area contributed by atoms with Crippen molar-refractivity contribution in [2.45, 2.75) is 25.3 Å². The van der Waals surface area contributed by atoms with Gasteiger partial charge in [-0.15, -0.1) is 12.4 Å². The van der Waals surface area contributed by atoms with Gasteiger partial charge in [-0.3, -0.25) is 14.3 Å². The molecule has 0 saturated carbocycles. The van der Waals surface area contributed by atoms with Gasteiger partial charge in [0.1, 0.15) is 0 Å². The molecule has 7 nitrogen and oxygen atoms in total. The summed E-state index contributed by atoms with van der Waals surface area (Å²) in [6, 6.07) is 9.34. The SMILES string of the molecule is Cl.Cn1cc(C(=O)NCC2CCN(C(=O)[C@@H](N)Cc3ccccc3)CC2)cn1. The van der Waals surface area contributed by atoms with E-state index in [1.807, 2.05) is 35.2 Å². The molecule has 0 unspecified atom stereocenters. The Bertz CT molecular complexity index is 772. The molecule has 1 aromatic heterocycles. The van der Waals surface area contributed by atoms with Gasteiger partial charge in [0.15, 0.2) is 0 Å². The van der Waals surface area contributed by atoms with Gasteiger partial charge in [0.25, 0.3) is 5.91 Å². The van der Waals surface area contributed by atoms with E-state index in [1.165, 1.54) is 0 Å². The maximum Gasteiger partial charge on any atom is 0.254 e. The average Bonchev–Trinajstić information content (AvgIpc) is 3.13. The van der Waals surface area contributed by atoms with E-state index < -0.39 is 6.04 Å². The van der Waals surface area contributed by atoms with Crippen LogP contribution >= 0.6 is 12.4 Å². The number of rotatable bonds is 6. The van der Waals surface area contributed by atoms with E-state index >= 15 is 0 Å². The zero-order valence-electron chi connectivity index (χ0n) is 16.1. The van der Waals surface area contributed by atoms with Gasteiger partial charge in [0.05, 0.1) is 17.8 Å². The summed E-state index contributed by atoms with van der Waals surface area (Å²) in [7, 11) is 1.78. The monoisotopic (exact) mass is 405 g/mol. The first-order valence-electron chi connectivity index (χ1n) is 9.38. The molecule has 2 aromatic rings. The van der Waals surface area contributed by atoms with Crippen LogP contribution in [0, 0.1) is 5.92 Å². The van der Waals surface area contributed by atoms with Crippen LogP contribution in [0.15, 0.2) is 42.7 Å². The van der Waals surface area contributed by atoms with Crippen molar-refractivity contribution in [2.24, 2.45) is 18.7 Å². The zero-order valence-corrected chi connectivity index (χ0v) is 16.9. The van der Waals surface area contributed by atoms with E-state index in [0.717, 1.165) is 18.4 Å². The number of nitrogens with zero attached hydrogens (tertiary/aromatic N) is 3. The highest BCUT2D eigenvalue weighted by Crippen LogP contribution is 2.18. The van der Waals surface area contributed by atoms with Crippen LogP contribution in [0.3, 0.4) is 0 Å². The molecule has 3 N–H and O–H groups in total. The third kappa shape index (κ3) is 5.81. The lowest BCUT2D eigenvalue weighted by Crippen LogP contribution is -2.49. The summed E-state index contributed by atoms with van der Waals surface area (Å²) in [5, 5.41) is 6.97. The molecule has 3 rings (SSSR count). The number of likely N-dealkylation sites (tertiary alicyclic amines) is 1. The van der Waals surface area contributed by atoms with Gasteiger partial charge >= 0.3 is 0 Å². The van der Waals surface area contributed by atoms with Crippen molar-refractivity contribution in [1.29, 1.82) is 0 Å². The number of nitrogens with two attached hydrogens (primary N) is 1. The van der Waals surface area contributed by atoms with Crippen LogP contribution in [-0.4, -0.2) is 52.2 Å². The van der Waals surface area contributed by atoms with Crippen LogP contribution in [-0.2, 0) is 18.3 Å². The van der Waals surface area contributed by atoms with Gasteiger partial charge in [-0.2, -0.15) is 5.10 Å². The first-order valence-corrected chi connectivity index (χ1v) is 9.38. The predicted octanol–water partition coefficient (Wildman–Crippen LogP) is 1.38. The number of aryl methyl sites for hydroxylation is 1. The fourth-order valence-corrected chi connectivity index (χ4v) is 3.42. The maximum absolute atomic E-state index is 12.6. The molecular formula is C20H28ClN5O2. The number of piperidine rings is 1. The molecule has 8 heteroatoms. The third-order valence-electron chi connectivity index (χ3n) is 5.06. The number of hydrogen-bond acceptors (Lipinski definition) is 4. The molecule has 0 radical (unpaired) electrons. The largest absolute Gasteiger partial charge is 0.352 e. The van der Waals surface area contributed by atoms with Gasteiger partial charge in [0.2, 0.25) is 5.91 Å². The van der Waals surface area contributed by atoms with Gasteiger partial charge < -0.3 is 16.0 Å². The van der Waals surface area contributed by atoms with Gasteiger partial charge in [-0.25, -0.2) is 0 Å². The summed E-state index contributed by atoms with van der Waals surface area (Å²) in [6.45, 7) is 2.00. The van der Waals surface area contributed by atoms with Crippen LogP contribution in [0.2, 0.25) is 0 Å². The molecule has 1 aromatic carbocycles. The molecule has 0 spiro atoms. The lowest BCUT2D eigenvalue weighted by atomic mass is 9.95. The molecule has 2 heterocycles. The quantitative estimate of drug-likeness (QED) is 0.759. The Morgan fingerprint density at radius 2 is 1.93 bits per heavy atom. The van der Waals surface area contributed by atoms with Gasteiger partial charge in [0, 0.05) is 32.9 Å². The van der Waals surface area contributed by atoms with Crippen molar-refractivity contribution >= 4 is 24.2 Å². The summed E-state index contributed by atoms with van der Waals surface area (Å²) < 4.78 is 1.61. The molecule has 1 aliphatic heterocycles. The second-order valence-electron chi connectivity index (χ2n) is 7.18. The minimum absolute atomic E-state index is 0. The molecule has 1 fully saturated rings. The van der Waals surface area contributed by atoms with E-state index in [-0.39, 0.29) is 24.2 Å². The molecule has 2 amide bonds. The number of amides is 2. The normalized spacial score (nSPS) is 15.6. The Labute approximate surface area is 171 Å².